The van der Waals surface area contributed by atoms with Crippen molar-refractivity contribution in [2.45, 2.75) is 44.7 Å². The molecule has 4 heteroatoms. The first-order valence-electron chi connectivity index (χ1n) is 6.79. The van der Waals surface area contributed by atoms with Crippen LogP contribution in [-0.4, -0.2) is 23.9 Å². The lowest BCUT2D eigenvalue weighted by Gasteiger charge is -2.17. The predicted octanol–water partition coefficient (Wildman–Crippen LogP) is 1.40. The van der Waals surface area contributed by atoms with E-state index in [1.54, 1.807) is 0 Å². The molecule has 0 unspecified atom stereocenters. The molecule has 2 N–H and O–H groups in total. The van der Waals surface area contributed by atoms with Crippen LogP contribution in [-0.2, 0) is 16.0 Å². The monoisotopic (exact) mass is 260 g/mol. The molecule has 0 aliphatic carbocycles. The highest BCUT2D eigenvalue weighted by Gasteiger charge is 2.27. The summed E-state index contributed by atoms with van der Waals surface area (Å²) < 4.78 is 0. The lowest BCUT2D eigenvalue weighted by Crippen LogP contribution is -2.45. The molecule has 2 rings (SSSR count). The van der Waals surface area contributed by atoms with Gasteiger partial charge in [0.2, 0.25) is 11.8 Å². The molecular formula is C15H20N2O2. The summed E-state index contributed by atoms with van der Waals surface area (Å²) in [7, 11) is 0. The summed E-state index contributed by atoms with van der Waals surface area (Å²) >= 11 is 0. The third-order valence-corrected chi connectivity index (χ3v) is 3.41. The molecule has 1 aliphatic rings. The van der Waals surface area contributed by atoms with Crippen molar-refractivity contribution in [3.8, 4) is 0 Å². The van der Waals surface area contributed by atoms with E-state index in [0.717, 1.165) is 12.8 Å². The standard InChI is InChI=1S/C15H20N2O2/c1-11(7-8-12-5-3-2-4-6-12)16-15(19)13-9-10-14(18)17-13/h2-6,11,13H,7-10H2,1H3,(H,16,19)(H,17,18)/t11-,13-/m1/s1. The van der Waals surface area contributed by atoms with Crippen molar-refractivity contribution in [3.05, 3.63) is 35.9 Å². The van der Waals surface area contributed by atoms with Crippen molar-refractivity contribution in [2.24, 2.45) is 0 Å². The van der Waals surface area contributed by atoms with Crippen LogP contribution in [0.3, 0.4) is 0 Å². The lowest BCUT2D eigenvalue weighted by molar-refractivity contribution is -0.126. The Kier molecular flexibility index (Phi) is 4.55. The maximum absolute atomic E-state index is 11.9. The van der Waals surface area contributed by atoms with Crippen LogP contribution in [0.15, 0.2) is 30.3 Å². The van der Waals surface area contributed by atoms with Crippen LogP contribution in [0.5, 0.6) is 0 Å². The van der Waals surface area contributed by atoms with Gasteiger partial charge in [0.15, 0.2) is 0 Å². The van der Waals surface area contributed by atoms with Crippen molar-refractivity contribution in [2.75, 3.05) is 0 Å². The van der Waals surface area contributed by atoms with Crippen LogP contribution in [0.4, 0.5) is 0 Å². The third kappa shape index (κ3) is 4.09. The summed E-state index contributed by atoms with van der Waals surface area (Å²) in [5, 5.41) is 5.64. The van der Waals surface area contributed by atoms with E-state index in [1.165, 1.54) is 5.56 Å². The number of rotatable bonds is 5. The number of amides is 2. The number of benzene rings is 1. The second-order valence-corrected chi connectivity index (χ2v) is 5.09. The van der Waals surface area contributed by atoms with Crippen LogP contribution >= 0.6 is 0 Å². The molecule has 1 aliphatic heterocycles. The fourth-order valence-electron chi connectivity index (χ4n) is 2.25. The fraction of sp³-hybridized carbons (Fsp3) is 0.467. The Bertz CT molecular complexity index is 445. The number of hydrogen-bond acceptors (Lipinski definition) is 2. The Morgan fingerprint density at radius 3 is 2.79 bits per heavy atom. The van der Waals surface area contributed by atoms with Gasteiger partial charge in [0, 0.05) is 12.5 Å². The van der Waals surface area contributed by atoms with Gasteiger partial charge in [0.05, 0.1) is 0 Å². The predicted molar refractivity (Wildman–Crippen MR) is 73.5 cm³/mol. The summed E-state index contributed by atoms with van der Waals surface area (Å²) in [6.07, 6.45) is 2.91. The first-order valence-corrected chi connectivity index (χ1v) is 6.79. The van der Waals surface area contributed by atoms with Crippen LogP contribution < -0.4 is 10.6 Å². The molecule has 2 amide bonds. The third-order valence-electron chi connectivity index (χ3n) is 3.41. The van der Waals surface area contributed by atoms with Gasteiger partial charge in [-0.1, -0.05) is 30.3 Å². The number of nitrogens with one attached hydrogen (secondary N) is 2. The van der Waals surface area contributed by atoms with E-state index in [9.17, 15) is 9.59 Å². The van der Waals surface area contributed by atoms with Crippen molar-refractivity contribution in [1.29, 1.82) is 0 Å². The van der Waals surface area contributed by atoms with Gasteiger partial charge in [-0.25, -0.2) is 0 Å². The summed E-state index contributed by atoms with van der Waals surface area (Å²) in [5.41, 5.74) is 1.28. The Morgan fingerprint density at radius 2 is 2.16 bits per heavy atom. The SMILES string of the molecule is C[C@H](CCc1ccccc1)NC(=O)[C@H]1CCC(=O)N1. The van der Waals surface area contributed by atoms with E-state index in [4.69, 9.17) is 0 Å². The average Bonchev–Trinajstić information content (AvgIpc) is 2.84. The normalized spacial score (nSPS) is 19.8. The highest BCUT2D eigenvalue weighted by molar-refractivity contribution is 5.90. The zero-order chi connectivity index (χ0) is 13.7. The Balaban J connectivity index is 1.73. The fourth-order valence-corrected chi connectivity index (χ4v) is 2.25. The summed E-state index contributed by atoms with van der Waals surface area (Å²) in [5.74, 6) is -0.0940. The van der Waals surface area contributed by atoms with Crippen molar-refractivity contribution in [3.63, 3.8) is 0 Å². The van der Waals surface area contributed by atoms with Crippen LogP contribution in [0.1, 0.15) is 31.7 Å². The first-order chi connectivity index (χ1) is 9.15. The molecule has 0 spiro atoms. The Hall–Kier alpha value is -1.84. The number of hydrogen-bond donors (Lipinski definition) is 2. The largest absolute Gasteiger partial charge is 0.352 e. The molecule has 2 atom stereocenters. The number of aryl methyl sites for hydroxylation is 1. The minimum Gasteiger partial charge on any atom is -0.352 e. The molecule has 0 saturated carbocycles. The molecule has 1 saturated heterocycles. The maximum atomic E-state index is 11.9. The smallest absolute Gasteiger partial charge is 0.242 e. The van der Waals surface area contributed by atoms with E-state index in [1.807, 2.05) is 25.1 Å². The number of carbonyl (C=O) groups excluding carboxylic acids is 2. The summed E-state index contributed by atoms with van der Waals surface area (Å²) in [6.45, 7) is 2.00. The summed E-state index contributed by atoms with van der Waals surface area (Å²) in [4.78, 5) is 23.0. The molecule has 0 bridgehead atoms. The van der Waals surface area contributed by atoms with Gasteiger partial charge in [0.25, 0.3) is 0 Å². The van der Waals surface area contributed by atoms with E-state index >= 15 is 0 Å². The molecule has 1 aromatic rings. The average molecular weight is 260 g/mol. The van der Waals surface area contributed by atoms with Crippen molar-refractivity contribution >= 4 is 11.8 Å². The molecule has 1 aromatic carbocycles. The molecule has 1 fully saturated rings. The zero-order valence-corrected chi connectivity index (χ0v) is 11.2. The van der Waals surface area contributed by atoms with Gasteiger partial charge in [-0.05, 0) is 31.7 Å². The minimum atomic E-state index is -0.341. The van der Waals surface area contributed by atoms with Crippen molar-refractivity contribution < 1.29 is 9.59 Å². The molecular weight excluding hydrogens is 240 g/mol. The first kappa shape index (κ1) is 13.6. The molecule has 0 aromatic heterocycles. The Labute approximate surface area is 113 Å². The van der Waals surface area contributed by atoms with Crippen LogP contribution in [0.2, 0.25) is 0 Å². The maximum Gasteiger partial charge on any atom is 0.242 e. The second kappa shape index (κ2) is 6.36. The highest BCUT2D eigenvalue weighted by Crippen LogP contribution is 2.08. The van der Waals surface area contributed by atoms with Crippen LogP contribution in [0.25, 0.3) is 0 Å². The Morgan fingerprint density at radius 1 is 1.42 bits per heavy atom. The van der Waals surface area contributed by atoms with E-state index < -0.39 is 0 Å². The second-order valence-electron chi connectivity index (χ2n) is 5.09. The van der Waals surface area contributed by atoms with Gasteiger partial charge < -0.3 is 10.6 Å². The highest BCUT2D eigenvalue weighted by atomic mass is 16.2. The quantitative estimate of drug-likeness (QED) is 0.841. The zero-order valence-electron chi connectivity index (χ0n) is 11.2. The molecule has 19 heavy (non-hydrogen) atoms. The van der Waals surface area contributed by atoms with Crippen molar-refractivity contribution in [1.82, 2.24) is 10.6 Å². The van der Waals surface area contributed by atoms with Gasteiger partial charge in [-0.3, -0.25) is 9.59 Å². The van der Waals surface area contributed by atoms with E-state index in [-0.39, 0.29) is 23.9 Å². The molecule has 0 radical (unpaired) electrons. The number of carbonyl (C=O) groups is 2. The van der Waals surface area contributed by atoms with Crippen LogP contribution in [0, 0.1) is 0 Å². The van der Waals surface area contributed by atoms with Gasteiger partial charge >= 0.3 is 0 Å². The topological polar surface area (TPSA) is 58.2 Å². The molecule has 4 nitrogen and oxygen atoms in total. The van der Waals surface area contributed by atoms with Gasteiger partial charge in [-0.2, -0.15) is 0 Å². The van der Waals surface area contributed by atoms with Gasteiger partial charge in [-0.15, -0.1) is 0 Å². The molecule has 102 valence electrons. The molecule has 1 heterocycles. The minimum absolute atomic E-state index is 0.0305. The lowest BCUT2D eigenvalue weighted by atomic mass is 10.1. The van der Waals surface area contributed by atoms with E-state index in [2.05, 4.69) is 22.8 Å². The summed E-state index contributed by atoms with van der Waals surface area (Å²) in [6, 6.07) is 9.99. The van der Waals surface area contributed by atoms with E-state index in [0.29, 0.717) is 12.8 Å². The van der Waals surface area contributed by atoms with Gasteiger partial charge in [0.1, 0.15) is 6.04 Å².